The molecule has 0 bridgehead atoms. The van der Waals surface area contributed by atoms with Crippen LogP contribution in [0.25, 0.3) is 0 Å². The lowest BCUT2D eigenvalue weighted by Gasteiger charge is -2.31. The summed E-state index contributed by atoms with van der Waals surface area (Å²) in [6, 6.07) is 0. The number of alkyl halides is 1. The zero-order valence-electron chi connectivity index (χ0n) is 8.14. The van der Waals surface area contributed by atoms with E-state index < -0.39 is 0 Å². The van der Waals surface area contributed by atoms with E-state index in [4.69, 9.17) is 0 Å². The van der Waals surface area contributed by atoms with Crippen LogP contribution in [-0.2, 0) is 4.79 Å². The third kappa shape index (κ3) is 3.14. The Bertz CT molecular complexity index is 219. The molecule has 2 nitrogen and oxygen atoms in total. The summed E-state index contributed by atoms with van der Waals surface area (Å²) in [7, 11) is 0. The quantitative estimate of drug-likeness (QED) is 0.600. The zero-order valence-corrected chi connectivity index (χ0v) is 9.73. The Morgan fingerprint density at radius 2 is 2.23 bits per heavy atom. The monoisotopic (exact) mass is 245 g/mol. The van der Waals surface area contributed by atoms with E-state index in [-0.39, 0.29) is 5.91 Å². The number of rotatable bonds is 3. The Kier molecular flexibility index (Phi) is 3.97. The van der Waals surface area contributed by atoms with Crippen molar-refractivity contribution in [1.82, 2.24) is 5.32 Å². The lowest BCUT2D eigenvalue weighted by molar-refractivity contribution is -0.117. The molecule has 3 heteroatoms. The largest absolute Gasteiger partial charge is 0.352 e. The standard InChI is InChI=1S/C10H16BrNO/c1-3-7(2)10(13)12-6-8-4-9(11)5-8/h3,8-9H,4-6H2,1-2H3,(H,12,13)/b7-3+. The Labute approximate surface area is 87.9 Å². The molecular weight excluding hydrogens is 230 g/mol. The van der Waals surface area contributed by atoms with Crippen LogP contribution in [0.3, 0.4) is 0 Å². The van der Waals surface area contributed by atoms with Crippen LogP contribution >= 0.6 is 15.9 Å². The second-order valence-electron chi connectivity index (χ2n) is 3.62. The molecule has 0 aliphatic heterocycles. The fourth-order valence-corrected chi connectivity index (χ4v) is 2.39. The van der Waals surface area contributed by atoms with Crippen molar-refractivity contribution in [3.8, 4) is 0 Å². The molecule has 1 saturated carbocycles. The van der Waals surface area contributed by atoms with Crippen molar-refractivity contribution >= 4 is 21.8 Å². The number of allylic oxidation sites excluding steroid dienone is 1. The Morgan fingerprint density at radius 3 is 2.69 bits per heavy atom. The van der Waals surface area contributed by atoms with Gasteiger partial charge in [-0.15, -0.1) is 0 Å². The van der Waals surface area contributed by atoms with Gasteiger partial charge < -0.3 is 5.32 Å². The highest BCUT2D eigenvalue weighted by molar-refractivity contribution is 9.09. The zero-order chi connectivity index (χ0) is 9.84. The second kappa shape index (κ2) is 4.80. The normalized spacial score (nSPS) is 28.1. The van der Waals surface area contributed by atoms with Crippen molar-refractivity contribution in [1.29, 1.82) is 0 Å². The first-order valence-electron chi connectivity index (χ1n) is 4.68. The summed E-state index contributed by atoms with van der Waals surface area (Å²) in [5.74, 6) is 0.749. The fraction of sp³-hybridized carbons (Fsp3) is 0.700. The predicted octanol–water partition coefficient (Wildman–Crippen LogP) is 2.24. The van der Waals surface area contributed by atoms with E-state index in [1.54, 1.807) is 0 Å². The molecule has 0 heterocycles. The molecule has 1 rings (SSSR count). The molecule has 0 unspecified atom stereocenters. The predicted molar refractivity (Wildman–Crippen MR) is 57.9 cm³/mol. The van der Waals surface area contributed by atoms with Crippen LogP contribution in [-0.4, -0.2) is 17.3 Å². The van der Waals surface area contributed by atoms with Crippen LogP contribution in [0.2, 0.25) is 0 Å². The van der Waals surface area contributed by atoms with E-state index >= 15 is 0 Å². The highest BCUT2D eigenvalue weighted by Crippen LogP contribution is 2.32. The first-order chi connectivity index (χ1) is 6.13. The maximum Gasteiger partial charge on any atom is 0.246 e. The van der Waals surface area contributed by atoms with Crippen molar-refractivity contribution in [3.63, 3.8) is 0 Å². The minimum atomic E-state index is 0.0699. The van der Waals surface area contributed by atoms with Crippen molar-refractivity contribution in [2.45, 2.75) is 31.5 Å². The van der Waals surface area contributed by atoms with Crippen LogP contribution < -0.4 is 5.32 Å². The summed E-state index contributed by atoms with van der Waals surface area (Å²) >= 11 is 3.53. The molecule has 0 atom stereocenters. The van der Waals surface area contributed by atoms with Gasteiger partial charge in [0.25, 0.3) is 0 Å². The van der Waals surface area contributed by atoms with Crippen LogP contribution in [0, 0.1) is 5.92 Å². The van der Waals surface area contributed by atoms with E-state index in [0.29, 0.717) is 10.7 Å². The van der Waals surface area contributed by atoms with E-state index in [0.717, 1.165) is 12.1 Å². The molecular formula is C10H16BrNO. The van der Waals surface area contributed by atoms with Gasteiger partial charge in [-0.25, -0.2) is 0 Å². The third-order valence-electron chi connectivity index (χ3n) is 2.52. The minimum Gasteiger partial charge on any atom is -0.352 e. The number of hydrogen-bond donors (Lipinski definition) is 1. The Balaban J connectivity index is 2.16. The van der Waals surface area contributed by atoms with Gasteiger partial charge in [0, 0.05) is 16.9 Å². The molecule has 0 radical (unpaired) electrons. The van der Waals surface area contributed by atoms with Crippen molar-refractivity contribution in [2.24, 2.45) is 5.92 Å². The van der Waals surface area contributed by atoms with E-state index in [2.05, 4.69) is 21.2 Å². The van der Waals surface area contributed by atoms with Crippen LogP contribution in [0.5, 0.6) is 0 Å². The number of nitrogens with one attached hydrogen (secondary N) is 1. The first kappa shape index (κ1) is 10.8. The van der Waals surface area contributed by atoms with Gasteiger partial charge >= 0.3 is 0 Å². The number of halogens is 1. The first-order valence-corrected chi connectivity index (χ1v) is 5.60. The maximum atomic E-state index is 11.3. The van der Waals surface area contributed by atoms with Crippen molar-refractivity contribution in [3.05, 3.63) is 11.6 Å². The van der Waals surface area contributed by atoms with Gasteiger partial charge in [-0.05, 0) is 32.6 Å². The SMILES string of the molecule is C/C=C(\C)C(=O)NCC1CC(Br)C1. The van der Waals surface area contributed by atoms with E-state index in [1.165, 1.54) is 12.8 Å². The average Bonchev–Trinajstić information content (AvgIpc) is 2.08. The van der Waals surface area contributed by atoms with Crippen LogP contribution in [0.15, 0.2) is 11.6 Å². The van der Waals surface area contributed by atoms with E-state index in [9.17, 15) is 4.79 Å². The molecule has 0 aromatic heterocycles. The van der Waals surface area contributed by atoms with Crippen LogP contribution in [0.4, 0.5) is 0 Å². The summed E-state index contributed by atoms with van der Waals surface area (Å²) in [6.45, 7) is 4.54. The summed E-state index contributed by atoms with van der Waals surface area (Å²) in [5.41, 5.74) is 0.801. The van der Waals surface area contributed by atoms with Gasteiger partial charge in [0.05, 0.1) is 0 Å². The number of carbonyl (C=O) groups excluding carboxylic acids is 1. The maximum absolute atomic E-state index is 11.3. The van der Waals surface area contributed by atoms with Gasteiger partial charge in [0.2, 0.25) is 5.91 Å². The van der Waals surface area contributed by atoms with Crippen molar-refractivity contribution in [2.75, 3.05) is 6.54 Å². The summed E-state index contributed by atoms with van der Waals surface area (Å²) in [4.78, 5) is 12.0. The highest BCUT2D eigenvalue weighted by Gasteiger charge is 2.26. The number of carbonyl (C=O) groups is 1. The van der Waals surface area contributed by atoms with Crippen molar-refractivity contribution < 1.29 is 4.79 Å². The molecule has 1 N–H and O–H groups in total. The number of amides is 1. The van der Waals surface area contributed by atoms with Gasteiger partial charge in [-0.3, -0.25) is 4.79 Å². The highest BCUT2D eigenvalue weighted by atomic mass is 79.9. The molecule has 0 aromatic carbocycles. The molecule has 0 saturated heterocycles. The minimum absolute atomic E-state index is 0.0699. The summed E-state index contributed by atoms with van der Waals surface area (Å²) < 4.78 is 0. The summed E-state index contributed by atoms with van der Waals surface area (Å²) in [6.07, 6.45) is 4.22. The summed E-state index contributed by atoms with van der Waals surface area (Å²) in [5, 5.41) is 2.93. The van der Waals surface area contributed by atoms with E-state index in [1.807, 2.05) is 19.9 Å². The third-order valence-corrected chi connectivity index (χ3v) is 3.27. The van der Waals surface area contributed by atoms with Gasteiger partial charge in [0.15, 0.2) is 0 Å². The van der Waals surface area contributed by atoms with Gasteiger partial charge in [-0.2, -0.15) is 0 Å². The lowest BCUT2D eigenvalue weighted by atomic mass is 9.85. The fourth-order valence-electron chi connectivity index (χ4n) is 1.33. The molecule has 13 heavy (non-hydrogen) atoms. The van der Waals surface area contributed by atoms with Crippen LogP contribution in [0.1, 0.15) is 26.7 Å². The van der Waals surface area contributed by atoms with Gasteiger partial charge in [0.1, 0.15) is 0 Å². The molecule has 1 aliphatic carbocycles. The molecule has 1 fully saturated rings. The topological polar surface area (TPSA) is 29.1 Å². The average molecular weight is 246 g/mol. The Hall–Kier alpha value is -0.310. The molecule has 1 amide bonds. The Morgan fingerprint density at radius 1 is 1.62 bits per heavy atom. The second-order valence-corrected chi connectivity index (χ2v) is 4.91. The lowest BCUT2D eigenvalue weighted by Crippen LogP contribution is -2.36. The molecule has 1 aliphatic rings. The molecule has 0 aromatic rings. The molecule has 74 valence electrons. The van der Waals surface area contributed by atoms with Gasteiger partial charge in [-0.1, -0.05) is 22.0 Å². The smallest absolute Gasteiger partial charge is 0.246 e. The number of hydrogen-bond acceptors (Lipinski definition) is 1. The molecule has 0 spiro atoms.